The Kier molecular flexibility index (Phi) is 4.77. The van der Waals surface area contributed by atoms with Crippen LogP contribution in [0.4, 0.5) is 0 Å². The fourth-order valence-corrected chi connectivity index (χ4v) is 2.06. The fraction of sp³-hybridized carbons (Fsp3) is 0.250. The number of nitrogens with zero attached hydrogens (tertiary/aromatic N) is 4. The van der Waals surface area contributed by atoms with Crippen LogP contribution in [0.2, 0.25) is 0 Å². The number of rotatable bonds is 6. The van der Waals surface area contributed by atoms with Gasteiger partial charge in [0, 0.05) is 18.0 Å². The van der Waals surface area contributed by atoms with Gasteiger partial charge in [-0.15, -0.1) is 16.4 Å². The van der Waals surface area contributed by atoms with Crippen molar-refractivity contribution in [2.45, 2.75) is 13.5 Å². The van der Waals surface area contributed by atoms with Crippen molar-refractivity contribution >= 4 is 29.3 Å². The zero-order valence-corrected chi connectivity index (χ0v) is 12.0. The van der Waals surface area contributed by atoms with Crippen LogP contribution in [0.5, 0.6) is 0 Å². The smallest absolute Gasteiger partial charge is 0.358 e. The number of aromatic nitrogens is 4. The molecule has 1 amide bonds. The number of aryl methyl sites for hydroxylation is 1. The number of carboxylic acids is 1. The third-order valence-electron chi connectivity index (χ3n) is 2.44. The van der Waals surface area contributed by atoms with E-state index < -0.39 is 5.97 Å². The molecular weight excluding hydrogens is 294 g/mol. The summed E-state index contributed by atoms with van der Waals surface area (Å²) in [5, 5.41) is 21.3. The zero-order valence-electron chi connectivity index (χ0n) is 11.2. The number of carbonyl (C=O) groups excluding carboxylic acids is 1. The molecule has 2 rings (SSSR count). The van der Waals surface area contributed by atoms with Crippen LogP contribution in [-0.4, -0.2) is 43.5 Å². The van der Waals surface area contributed by atoms with Gasteiger partial charge in [-0.3, -0.25) is 4.79 Å². The van der Waals surface area contributed by atoms with Crippen LogP contribution in [0.1, 0.15) is 21.2 Å². The monoisotopic (exact) mass is 307 g/mol. The van der Waals surface area contributed by atoms with Gasteiger partial charge in [-0.05, 0) is 13.0 Å². The highest BCUT2D eigenvalue weighted by Crippen LogP contribution is 2.08. The SMILES string of the molecule is Cc1nc(C=CC(=O)NCCn2cc(C(=O)O)nn2)cs1. The first-order valence-corrected chi connectivity index (χ1v) is 6.94. The van der Waals surface area contributed by atoms with Crippen LogP contribution < -0.4 is 5.32 Å². The Hall–Kier alpha value is -2.55. The summed E-state index contributed by atoms with van der Waals surface area (Å²) in [4.78, 5) is 26.4. The molecule has 110 valence electrons. The van der Waals surface area contributed by atoms with Crippen molar-refractivity contribution in [3.05, 3.63) is 34.0 Å². The van der Waals surface area contributed by atoms with E-state index in [2.05, 4.69) is 20.6 Å². The highest BCUT2D eigenvalue weighted by molar-refractivity contribution is 7.09. The summed E-state index contributed by atoms with van der Waals surface area (Å²) < 4.78 is 1.36. The molecule has 2 aromatic heterocycles. The molecule has 0 aliphatic rings. The summed E-state index contributed by atoms with van der Waals surface area (Å²) in [6.45, 7) is 2.56. The lowest BCUT2D eigenvalue weighted by molar-refractivity contribution is -0.116. The van der Waals surface area contributed by atoms with Gasteiger partial charge in [0.15, 0.2) is 5.69 Å². The van der Waals surface area contributed by atoms with Crippen LogP contribution >= 0.6 is 11.3 Å². The van der Waals surface area contributed by atoms with Crippen LogP contribution in [0, 0.1) is 6.92 Å². The maximum Gasteiger partial charge on any atom is 0.358 e. The second-order valence-corrected chi connectivity index (χ2v) is 5.15. The summed E-state index contributed by atoms with van der Waals surface area (Å²) in [5.74, 6) is -1.38. The van der Waals surface area contributed by atoms with Crippen LogP contribution in [0.3, 0.4) is 0 Å². The highest BCUT2D eigenvalue weighted by atomic mass is 32.1. The Balaban J connectivity index is 1.76. The number of aromatic carboxylic acids is 1. The molecule has 2 aromatic rings. The topological polar surface area (TPSA) is 110 Å². The molecule has 0 radical (unpaired) electrons. The van der Waals surface area contributed by atoms with Crippen molar-refractivity contribution in [1.29, 1.82) is 0 Å². The molecule has 21 heavy (non-hydrogen) atoms. The molecule has 8 nitrogen and oxygen atoms in total. The van der Waals surface area contributed by atoms with Gasteiger partial charge < -0.3 is 10.4 Å². The van der Waals surface area contributed by atoms with E-state index in [9.17, 15) is 9.59 Å². The van der Waals surface area contributed by atoms with E-state index in [1.54, 1.807) is 6.08 Å². The van der Waals surface area contributed by atoms with Gasteiger partial charge in [0.05, 0.1) is 23.4 Å². The van der Waals surface area contributed by atoms with Crippen molar-refractivity contribution in [2.24, 2.45) is 0 Å². The lowest BCUT2D eigenvalue weighted by Crippen LogP contribution is -2.25. The molecule has 0 aliphatic carbocycles. The fourth-order valence-electron chi connectivity index (χ4n) is 1.48. The van der Waals surface area contributed by atoms with E-state index in [1.165, 1.54) is 28.3 Å². The van der Waals surface area contributed by atoms with E-state index in [0.29, 0.717) is 13.1 Å². The Labute approximate surface area is 124 Å². The van der Waals surface area contributed by atoms with Gasteiger partial charge in [0.1, 0.15) is 0 Å². The summed E-state index contributed by atoms with van der Waals surface area (Å²) in [7, 11) is 0. The van der Waals surface area contributed by atoms with Gasteiger partial charge in [-0.1, -0.05) is 5.21 Å². The maximum atomic E-state index is 11.6. The average molecular weight is 307 g/mol. The average Bonchev–Trinajstić information content (AvgIpc) is 3.05. The van der Waals surface area contributed by atoms with Crippen molar-refractivity contribution < 1.29 is 14.7 Å². The van der Waals surface area contributed by atoms with Gasteiger partial charge >= 0.3 is 5.97 Å². The molecule has 2 N–H and O–H groups in total. The molecule has 0 saturated carbocycles. The second kappa shape index (κ2) is 6.75. The molecule has 0 spiro atoms. The molecule has 2 heterocycles. The Morgan fingerprint density at radius 1 is 1.52 bits per heavy atom. The number of hydrogen-bond acceptors (Lipinski definition) is 6. The van der Waals surface area contributed by atoms with E-state index in [0.717, 1.165) is 10.7 Å². The van der Waals surface area contributed by atoms with E-state index in [4.69, 9.17) is 5.11 Å². The molecule has 0 atom stereocenters. The van der Waals surface area contributed by atoms with Crippen LogP contribution in [-0.2, 0) is 11.3 Å². The first kappa shape index (κ1) is 14.9. The lowest BCUT2D eigenvalue weighted by Gasteiger charge is -2.01. The first-order valence-electron chi connectivity index (χ1n) is 6.06. The minimum Gasteiger partial charge on any atom is -0.476 e. The number of nitrogens with one attached hydrogen (secondary N) is 1. The van der Waals surface area contributed by atoms with E-state index >= 15 is 0 Å². The minimum atomic E-state index is -1.13. The Morgan fingerprint density at radius 2 is 2.33 bits per heavy atom. The molecule has 0 aromatic carbocycles. The van der Waals surface area contributed by atoms with E-state index in [1.807, 2.05) is 12.3 Å². The molecular formula is C12H13N5O3S. The quantitative estimate of drug-likeness (QED) is 0.755. The standard InChI is InChI=1S/C12H13N5O3S/c1-8-14-9(7-21-8)2-3-11(18)13-4-5-17-6-10(12(19)20)15-16-17/h2-3,6-7H,4-5H2,1H3,(H,13,18)(H,19,20). The third kappa shape index (κ3) is 4.49. The molecule has 0 saturated heterocycles. The van der Waals surface area contributed by atoms with Crippen LogP contribution in [0.25, 0.3) is 6.08 Å². The highest BCUT2D eigenvalue weighted by Gasteiger charge is 2.07. The molecule has 0 unspecified atom stereocenters. The van der Waals surface area contributed by atoms with Crippen molar-refractivity contribution in [3.63, 3.8) is 0 Å². The van der Waals surface area contributed by atoms with Crippen molar-refractivity contribution in [2.75, 3.05) is 6.54 Å². The summed E-state index contributed by atoms with van der Waals surface area (Å²) in [5.41, 5.74) is 0.621. The largest absolute Gasteiger partial charge is 0.476 e. The molecule has 0 fully saturated rings. The lowest BCUT2D eigenvalue weighted by atomic mass is 10.4. The van der Waals surface area contributed by atoms with Gasteiger partial charge in [-0.2, -0.15) is 0 Å². The van der Waals surface area contributed by atoms with Crippen molar-refractivity contribution in [3.8, 4) is 0 Å². The maximum absolute atomic E-state index is 11.6. The Morgan fingerprint density at radius 3 is 2.95 bits per heavy atom. The van der Waals surface area contributed by atoms with Gasteiger partial charge in [-0.25, -0.2) is 14.5 Å². The van der Waals surface area contributed by atoms with E-state index in [-0.39, 0.29) is 11.6 Å². The minimum absolute atomic E-state index is 0.125. The number of carbonyl (C=O) groups is 2. The molecule has 9 heteroatoms. The number of thiazole rings is 1. The predicted molar refractivity (Wildman–Crippen MR) is 75.9 cm³/mol. The summed E-state index contributed by atoms with van der Waals surface area (Å²) in [6, 6.07) is 0. The van der Waals surface area contributed by atoms with Gasteiger partial charge in [0.25, 0.3) is 0 Å². The predicted octanol–water partition coefficient (Wildman–Crippen LogP) is 0.571. The number of amides is 1. The normalized spacial score (nSPS) is 10.9. The summed E-state index contributed by atoms with van der Waals surface area (Å²) in [6.07, 6.45) is 4.34. The number of hydrogen-bond donors (Lipinski definition) is 2. The summed E-state index contributed by atoms with van der Waals surface area (Å²) >= 11 is 1.52. The first-order chi connectivity index (χ1) is 10.0. The number of carboxylic acid groups (broad SMARTS) is 1. The zero-order chi connectivity index (χ0) is 15.2. The van der Waals surface area contributed by atoms with Crippen LogP contribution in [0.15, 0.2) is 17.7 Å². The van der Waals surface area contributed by atoms with Gasteiger partial charge in [0.2, 0.25) is 5.91 Å². The molecule has 0 bridgehead atoms. The second-order valence-electron chi connectivity index (χ2n) is 4.09. The molecule has 0 aliphatic heterocycles. The Bertz CT molecular complexity index is 676. The third-order valence-corrected chi connectivity index (χ3v) is 3.23. The van der Waals surface area contributed by atoms with Crippen molar-refractivity contribution in [1.82, 2.24) is 25.3 Å².